The summed E-state index contributed by atoms with van der Waals surface area (Å²) in [7, 11) is 1.81. The molecule has 0 spiro atoms. The highest BCUT2D eigenvalue weighted by Crippen LogP contribution is 2.30. The maximum Gasteiger partial charge on any atom is 0.329 e. The molecule has 0 saturated carbocycles. The summed E-state index contributed by atoms with van der Waals surface area (Å²) in [6, 6.07) is 9.63. The first-order valence-electron chi connectivity index (χ1n) is 12.9. The lowest BCUT2D eigenvalue weighted by molar-refractivity contribution is -0.120. The van der Waals surface area contributed by atoms with E-state index in [1.54, 1.807) is 35.2 Å². The van der Waals surface area contributed by atoms with Crippen molar-refractivity contribution in [2.24, 2.45) is 7.05 Å². The molecular weight excluding hydrogens is 551 g/mol. The molecule has 3 aromatic heterocycles. The summed E-state index contributed by atoms with van der Waals surface area (Å²) in [6.07, 6.45) is 3.41. The number of ether oxygens (including phenoxy) is 1. The monoisotopic (exact) mass is 576 g/mol. The summed E-state index contributed by atoms with van der Waals surface area (Å²) in [5.74, 6) is 0.898. The van der Waals surface area contributed by atoms with Crippen LogP contribution in [0, 0.1) is 5.82 Å². The number of carbonyl (C=O) groups is 2. The number of benzene rings is 1. The van der Waals surface area contributed by atoms with Gasteiger partial charge in [-0.05, 0) is 23.8 Å². The fraction of sp³-hybridized carbons (Fsp3) is 0.250. The van der Waals surface area contributed by atoms with Crippen molar-refractivity contribution < 1.29 is 18.7 Å². The van der Waals surface area contributed by atoms with Gasteiger partial charge >= 0.3 is 6.03 Å². The molecular formula is C28H26ClFN8O3. The third-order valence-electron chi connectivity index (χ3n) is 7.16. The van der Waals surface area contributed by atoms with Gasteiger partial charge in [0, 0.05) is 51.3 Å². The zero-order chi connectivity index (χ0) is 28.7. The number of carbonyl (C=O) groups excluding carboxylic acids is 2. The quantitative estimate of drug-likeness (QED) is 0.340. The number of amides is 3. The zero-order valence-electron chi connectivity index (χ0n) is 22.1. The van der Waals surface area contributed by atoms with Gasteiger partial charge in [-0.2, -0.15) is 0 Å². The van der Waals surface area contributed by atoms with Crippen molar-refractivity contribution in [3.63, 3.8) is 0 Å². The molecule has 3 amide bonds. The van der Waals surface area contributed by atoms with E-state index in [4.69, 9.17) is 27.1 Å². The maximum atomic E-state index is 14.0. The van der Waals surface area contributed by atoms with Gasteiger partial charge in [0.1, 0.15) is 29.7 Å². The van der Waals surface area contributed by atoms with E-state index >= 15 is 0 Å². The molecule has 1 aromatic carbocycles. The number of halogens is 2. The Bertz CT molecular complexity index is 1660. The van der Waals surface area contributed by atoms with E-state index in [-0.39, 0.29) is 24.5 Å². The van der Waals surface area contributed by atoms with Gasteiger partial charge in [0.25, 0.3) is 0 Å². The normalized spacial score (nSPS) is 15.2. The third kappa shape index (κ3) is 5.31. The smallest absolute Gasteiger partial charge is 0.329 e. The highest BCUT2D eigenvalue weighted by atomic mass is 35.5. The van der Waals surface area contributed by atoms with Crippen LogP contribution in [0.1, 0.15) is 28.9 Å². The van der Waals surface area contributed by atoms with Gasteiger partial charge in [-0.1, -0.05) is 23.7 Å². The van der Waals surface area contributed by atoms with Crippen LogP contribution >= 0.6 is 11.6 Å². The minimum Gasteiger partial charge on any atom is -0.487 e. The second-order valence-corrected chi connectivity index (χ2v) is 10.3. The van der Waals surface area contributed by atoms with Crippen LogP contribution in [-0.4, -0.2) is 42.9 Å². The summed E-state index contributed by atoms with van der Waals surface area (Å²) in [5, 5.41) is 2.63. The van der Waals surface area contributed by atoms with Crippen molar-refractivity contribution in [3.05, 3.63) is 82.1 Å². The Morgan fingerprint density at radius 2 is 2.00 bits per heavy atom. The van der Waals surface area contributed by atoms with Crippen LogP contribution in [0.25, 0.3) is 11.5 Å². The Hall–Kier alpha value is -4.55. The van der Waals surface area contributed by atoms with Crippen LogP contribution < -0.4 is 20.7 Å². The number of imide groups is 1. The van der Waals surface area contributed by atoms with E-state index in [1.165, 1.54) is 11.0 Å². The molecule has 210 valence electrons. The zero-order valence-corrected chi connectivity index (χ0v) is 22.9. The van der Waals surface area contributed by atoms with Crippen molar-refractivity contribution >= 4 is 35.0 Å². The van der Waals surface area contributed by atoms with Gasteiger partial charge in [-0.15, -0.1) is 0 Å². The first kappa shape index (κ1) is 26.7. The number of anilines is 2. The number of urea groups is 1. The predicted octanol–water partition coefficient (Wildman–Crippen LogP) is 3.79. The van der Waals surface area contributed by atoms with Crippen molar-refractivity contribution in [2.75, 3.05) is 17.2 Å². The lowest BCUT2D eigenvalue weighted by atomic mass is 10.2. The number of hydrogen-bond donors (Lipinski definition) is 2. The summed E-state index contributed by atoms with van der Waals surface area (Å²) in [4.78, 5) is 41.3. The fourth-order valence-electron chi connectivity index (χ4n) is 4.97. The van der Waals surface area contributed by atoms with Crippen LogP contribution in [0.2, 0.25) is 5.02 Å². The first-order valence-corrected chi connectivity index (χ1v) is 13.3. The van der Waals surface area contributed by atoms with Crippen molar-refractivity contribution in [3.8, 4) is 17.3 Å². The molecule has 2 aliphatic heterocycles. The second kappa shape index (κ2) is 10.8. The van der Waals surface area contributed by atoms with E-state index in [0.717, 1.165) is 11.3 Å². The number of rotatable bonds is 7. The van der Waals surface area contributed by atoms with Crippen LogP contribution in [-0.2, 0) is 38.1 Å². The van der Waals surface area contributed by atoms with Gasteiger partial charge in [0.05, 0.1) is 34.5 Å². The van der Waals surface area contributed by atoms with E-state index in [2.05, 4.69) is 20.2 Å². The van der Waals surface area contributed by atoms with E-state index < -0.39 is 11.8 Å². The van der Waals surface area contributed by atoms with Gasteiger partial charge in [-0.3, -0.25) is 24.9 Å². The standard InChI is InChI=1S/C28H26ClFN8O3/c1-36-26(38-8-7-25(39)35-28(38)40)11-33-27(36)22-6-5-16-12-37(13-23(16)34-22)14-24-21(31)9-17(10-32-24)41-15-18-19(29)3-2-4-20(18)30/h2-6,9-11H,7-8,12-15,31H2,1H3,(H,35,39,40). The third-order valence-corrected chi connectivity index (χ3v) is 7.51. The topological polar surface area (TPSA) is 132 Å². The maximum absolute atomic E-state index is 14.0. The SMILES string of the molecule is Cn1c(N2CCC(=O)NC2=O)cnc1-c1ccc2c(n1)CN(Cc1ncc(OCc3c(F)cccc3Cl)cc1N)C2. The molecule has 13 heteroatoms. The molecule has 0 radical (unpaired) electrons. The average molecular weight is 577 g/mol. The molecule has 0 atom stereocenters. The molecule has 0 bridgehead atoms. The Balaban J connectivity index is 1.12. The van der Waals surface area contributed by atoms with Gasteiger partial charge in [-0.25, -0.2) is 19.2 Å². The molecule has 1 saturated heterocycles. The number of pyridine rings is 2. The molecule has 1 fully saturated rings. The number of nitrogens with zero attached hydrogens (tertiary/aromatic N) is 6. The Labute approximate surface area is 239 Å². The summed E-state index contributed by atoms with van der Waals surface area (Å²) < 4.78 is 21.5. The molecule has 0 aliphatic carbocycles. The Morgan fingerprint density at radius 1 is 1.15 bits per heavy atom. The lowest BCUT2D eigenvalue weighted by Crippen LogP contribution is -2.50. The Kier molecular flexibility index (Phi) is 7.01. The summed E-state index contributed by atoms with van der Waals surface area (Å²) in [5.41, 5.74) is 10.4. The minimum absolute atomic E-state index is 0.0379. The Morgan fingerprint density at radius 3 is 2.78 bits per heavy atom. The predicted molar refractivity (Wildman–Crippen MR) is 149 cm³/mol. The van der Waals surface area contributed by atoms with E-state index in [0.29, 0.717) is 65.7 Å². The average Bonchev–Trinajstić information content (AvgIpc) is 3.52. The van der Waals surface area contributed by atoms with E-state index in [1.807, 2.05) is 19.2 Å². The number of fused-ring (bicyclic) bond motifs is 1. The highest BCUT2D eigenvalue weighted by molar-refractivity contribution is 6.31. The van der Waals surface area contributed by atoms with Gasteiger partial charge < -0.3 is 15.0 Å². The minimum atomic E-state index is -0.463. The summed E-state index contributed by atoms with van der Waals surface area (Å²) >= 11 is 6.08. The van der Waals surface area contributed by atoms with Crippen molar-refractivity contribution in [2.45, 2.75) is 32.7 Å². The number of aromatic nitrogens is 4. The van der Waals surface area contributed by atoms with Crippen LogP contribution in [0.5, 0.6) is 5.75 Å². The largest absolute Gasteiger partial charge is 0.487 e. The molecule has 0 unspecified atom stereocenters. The highest BCUT2D eigenvalue weighted by Gasteiger charge is 2.28. The first-order chi connectivity index (χ1) is 19.8. The van der Waals surface area contributed by atoms with E-state index in [9.17, 15) is 14.0 Å². The fourth-order valence-corrected chi connectivity index (χ4v) is 5.18. The number of nitrogens with one attached hydrogen (secondary N) is 1. The van der Waals surface area contributed by atoms with Crippen LogP contribution in [0.4, 0.5) is 20.7 Å². The van der Waals surface area contributed by atoms with Crippen LogP contribution in [0.15, 0.2) is 48.8 Å². The lowest BCUT2D eigenvalue weighted by Gasteiger charge is -2.26. The van der Waals surface area contributed by atoms with Gasteiger partial charge in [0.15, 0.2) is 5.82 Å². The molecule has 3 N–H and O–H groups in total. The molecule has 4 aromatic rings. The molecule has 5 heterocycles. The van der Waals surface area contributed by atoms with Crippen molar-refractivity contribution in [1.29, 1.82) is 0 Å². The van der Waals surface area contributed by atoms with Gasteiger partial charge in [0.2, 0.25) is 5.91 Å². The molecule has 6 rings (SSSR count). The van der Waals surface area contributed by atoms with Crippen molar-refractivity contribution in [1.82, 2.24) is 29.7 Å². The second-order valence-electron chi connectivity index (χ2n) is 9.90. The number of nitrogens with two attached hydrogens (primary N) is 1. The molecule has 2 aliphatic rings. The number of nitrogen functional groups attached to an aromatic ring is 1. The molecule has 11 nitrogen and oxygen atoms in total. The number of imidazole rings is 1. The summed E-state index contributed by atoms with van der Waals surface area (Å²) in [6.45, 7) is 2.04. The van der Waals surface area contributed by atoms with Crippen LogP contribution in [0.3, 0.4) is 0 Å². The molecule has 41 heavy (non-hydrogen) atoms. The number of hydrogen-bond acceptors (Lipinski definition) is 8.